The summed E-state index contributed by atoms with van der Waals surface area (Å²) in [6.07, 6.45) is 2.10. The molecule has 2 N–H and O–H groups in total. The van der Waals surface area contributed by atoms with Crippen LogP contribution in [0.15, 0.2) is 48.5 Å². The van der Waals surface area contributed by atoms with Crippen molar-refractivity contribution in [2.24, 2.45) is 0 Å². The predicted octanol–water partition coefficient (Wildman–Crippen LogP) is 4.80. The summed E-state index contributed by atoms with van der Waals surface area (Å²) in [6.45, 7) is 2.04. The van der Waals surface area contributed by atoms with E-state index in [2.05, 4.69) is 20.6 Å². The number of ketones is 1. The van der Waals surface area contributed by atoms with Crippen molar-refractivity contribution in [3.05, 3.63) is 65.4 Å². The maximum atomic E-state index is 12.5. The first-order valence-electron chi connectivity index (χ1n) is 9.31. The number of carbonyl (C=O) groups is 1. The fourth-order valence-electron chi connectivity index (χ4n) is 3.27. The molecule has 1 heterocycles. The Morgan fingerprint density at radius 3 is 2.57 bits per heavy atom. The summed E-state index contributed by atoms with van der Waals surface area (Å²) in [5.41, 5.74) is 4.26. The van der Waals surface area contributed by atoms with E-state index in [0.717, 1.165) is 35.7 Å². The normalized spacial score (nSPS) is 13.0. The first kappa shape index (κ1) is 18.0. The van der Waals surface area contributed by atoms with Gasteiger partial charge < -0.3 is 15.4 Å². The Bertz CT molecular complexity index is 1020. The average Bonchev–Trinajstić information content (AvgIpc) is 2.70. The molecule has 6 nitrogen and oxygen atoms in total. The van der Waals surface area contributed by atoms with E-state index in [1.165, 1.54) is 5.56 Å². The zero-order valence-electron chi connectivity index (χ0n) is 16.0. The molecule has 0 fully saturated rings. The lowest BCUT2D eigenvalue weighted by Gasteiger charge is -2.19. The van der Waals surface area contributed by atoms with E-state index < -0.39 is 0 Å². The maximum Gasteiger partial charge on any atom is 0.229 e. The molecule has 1 aliphatic rings. The van der Waals surface area contributed by atoms with Crippen molar-refractivity contribution in [1.29, 1.82) is 0 Å². The highest BCUT2D eigenvalue weighted by atomic mass is 16.5. The Labute approximate surface area is 164 Å². The lowest BCUT2D eigenvalue weighted by molar-refractivity contribution is 0.0972. The molecular formula is C22H22N4O2. The van der Waals surface area contributed by atoms with Crippen LogP contribution in [0.2, 0.25) is 0 Å². The lowest BCUT2D eigenvalue weighted by atomic mass is 9.95. The van der Waals surface area contributed by atoms with Crippen molar-refractivity contribution >= 4 is 28.9 Å². The van der Waals surface area contributed by atoms with Gasteiger partial charge in [0, 0.05) is 23.9 Å². The van der Waals surface area contributed by atoms with Gasteiger partial charge in [0.05, 0.1) is 18.4 Å². The maximum absolute atomic E-state index is 12.5. The molecular weight excluding hydrogens is 352 g/mol. The topological polar surface area (TPSA) is 76.1 Å². The van der Waals surface area contributed by atoms with Gasteiger partial charge in [0.2, 0.25) is 5.95 Å². The van der Waals surface area contributed by atoms with Crippen LogP contribution in [0.5, 0.6) is 5.75 Å². The summed E-state index contributed by atoms with van der Waals surface area (Å²) in [7, 11) is 1.63. The van der Waals surface area contributed by atoms with E-state index in [-0.39, 0.29) is 5.78 Å². The number of benzene rings is 2. The third kappa shape index (κ3) is 3.81. The molecule has 28 heavy (non-hydrogen) atoms. The van der Waals surface area contributed by atoms with E-state index >= 15 is 0 Å². The van der Waals surface area contributed by atoms with Crippen LogP contribution in [0.4, 0.5) is 23.1 Å². The average molecular weight is 374 g/mol. The molecule has 1 aromatic heterocycles. The number of fused-ring (bicyclic) bond motifs is 1. The summed E-state index contributed by atoms with van der Waals surface area (Å²) in [5, 5.41) is 6.53. The van der Waals surface area contributed by atoms with Crippen molar-refractivity contribution in [1.82, 2.24) is 9.97 Å². The second-order valence-corrected chi connectivity index (χ2v) is 6.84. The van der Waals surface area contributed by atoms with Crippen molar-refractivity contribution in [2.75, 3.05) is 17.7 Å². The van der Waals surface area contributed by atoms with Crippen molar-refractivity contribution in [3.63, 3.8) is 0 Å². The molecule has 1 aliphatic carbocycles. The van der Waals surface area contributed by atoms with Gasteiger partial charge in [0.1, 0.15) is 11.6 Å². The second kappa shape index (κ2) is 7.68. The standard InChI is InChI=1S/C22H22N4O2/c1-14-9-11-15(12-10-14)23-21-20-18(7-4-8-19(20)27)25-22(26-21)24-16-5-3-6-17(13-16)28-2/h3,5-6,9-13H,4,7-8H2,1-2H3,(H2,23,24,25,26). The fraction of sp³-hybridized carbons (Fsp3) is 0.227. The van der Waals surface area contributed by atoms with Crippen molar-refractivity contribution in [3.8, 4) is 5.75 Å². The Morgan fingerprint density at radius 1 is 0.964 bits per heavy atom. The van der Waals surface area contributed by atoms with Gasteiger partial charge in [0.15, 0.2) is 5.78 Å². The van der Waals surface area contributed by atoms with Gasteiger partial charge in [-0.2, -0.15) is 4.98 Å². The number of hydrogen-bond acceptors (Lipinski definition) is 6. The minimum Gasteiger partial charge on any atom is -0.497 e. The molecule has 0 saturated carbocycles. The van der Waals surface area contributed by atoms with E-state index in [4.69, 9.17) is 4.74 Å². The fourth-order valence-corrected chi connectivity index (χ4v) is 3.27. The zero-order chi connectivity index (χ0) is 19.5. The third-order valence-electron chi connectivity index (χ3n) is 4.72. The van der Waals surface area contributed by atoms with Crippen molar-refractivity contribution in [2.45, 2.75) is 26.2 Å². The molecule has 0 amide bonds. The molecule has 0 radical (unpaired) electrons. The Morgan fingerprint density at radius 2 is 1.79 bits per heavy atom. The number of nitrogens with zero attached hydrogens (tertiary/aromatic N) is 2. The molecule has 4 rings (SSSR count). The number of nitrogens with one attached hydrogen (secondary N) is 2. The van der Waals surface area contributed by atoms with Crippen LogP contribution in [-0.2, 0) is 6.42 Å². The molecule has 2 aromatic carbocycles. The van der Waals surface area contributed by atoms with Crippen LogP contribution in [0.1, 0.15) is 34.5 Å². The number of aryl methyl sites for hydroxylation is 2. The van der Waals surface area contributed by atoms with Gasteiger partial charge in [0.25, 0.3) is 0 Å². The number of ether oxygens (including phenoxy) is 1. The van der Waals surface area contributed by atoms with E-state index in [9.17, 15) is 4.79 Å². The summed E-state index contributed by atoms with van der Waals surface area (Å²) in [5.74, 6) is 1.83. The van der Waals surface area contributed by atoms with E-state index in [1.54, 1.807) is 7.11 Å². The van der Waals surface area contributed by atoms with Crippen molar-refractivity contribution < 1.29 is 9.53 Å². The van der Waals surface area contributed by atoms with Gasteiger partial charge in [-0.05, 0) is 44.0 Å². The number of Topliss-reactive ketones (excluding diaryl/α,β-unsaturated/α-hetero) is 1. The minimum absolute atomic E-state index is 0.0868. The molecule has 142 valence electrons. The summed E-state index contributed by atoms with van der Waals surface area (Å²) in [6, 6.07) is 15.6. The van der Waals surface area contributed by atoms with Crippen LogP contribution in [0.25, 0.3) is 0 Å². The molecule has 0 unspecified atom stereocenters. The highest BCUT2D eigenvalue weighted by molar-refractivity contribution is 6.03. The van der Waals surface area contributed by atoms with Crippen LogP contribution in [-0.4, -0.2) is 22.9 Å². The molecule has 0 atom stereocenters. The summed E-state index contributed by atoms with van der Waals surface area (Å²) < 4.78 is 5.27. The Balaban J connectivity index is 1.71. The number of methoxy groups -OCH3 is 1. The van der Waals surface area contributed by atoms with Crippen LogP contribution < -0.4 is 15.4 Å². The molecule has 0 aliphatic heterocycles. The molecule has 0 saturated heterocycles. The summed E-state index contributed by atoms with van der Waals surface area (Å²) >= 11 is 0. The highest BCUT2D eigenvalue weighted by Crippen LogP contribution is 2.30. The second-order valence-electron chi connectivity index (χ2n) is 6.84. The molecule has 3 aromatic rings. The molecule has 0 spiro atoms. The SMILES string of the molecule is COc1cccc(Nc2nc3c(c(Nc4ccc(C)cc4)n2)C(=O)CCC3)c1. The monoisotopic (exact) mass is 374 g/mol. The smallest absolute Gasteiger partial charge is 0.229 e. The number of aromatic nitrogens is 2. The minimum atomic E-state index is 0.0868. The van der Waals surface area contributed by atoms with Crippen LogP contribution >= 0.6 is 0 Å². The van der Waals surface area contributed by atoms with Gasteiger partial charge in [-0.15, -0.1) is 0 Å². The third-order valence-corrected chi connectivity index (χ3v) is 4.72. The lowest BCUT2D eigenvalue weighted by Crippen LogP contribution is -2.17. The molecule has 0 bridgehead atoms. The predicted molar refractivity (Wildman–Crippen MR) is 110 cm³/mol. The molecule has 6 heteroatoms. The van der Waals surface area contributed by atoms with Crippen LogP contribution in [0.3, 0.4) is 0 Å². The number of anilines is 4. The van der Waals surface area contributed by atoms with Crippen LogP contribution in [0, 0.1) is 6.92 Å². The first-order valence-corrected chi connectivity index (χ1v) is 9.31. The number of hydrogen-bond donors (Lipinski definition) is 2. The summed E-state index contributed by atoms with van der Waals surface area (Å²) in [4.78, 5) is 21.8. The highest BCUT2D eigenvalue weighted by Gasteiger charge is 2.24. The van der Waals surface area contributed by atoms with Gasteiger partial charge >= 0.3 is 0 Å². The number of rotatable bonds is 5. The van der Waals surface area contributed by atoms with Gasteiger partial charge in [-0.1, -0.05) is 23.8 Å². The quantitative estimate of drug-likeness (QED) is 0.668. The Hall–Kier alpha value is -3.41. The van der Waals surface area contributed by atoms with E-state index in [0.29, 0.717) is 23.8 Å². The van der Waals surface area contributed by atoms with Gasteiger partial charge in [-0.3, -0.25) is 4.79 Å². The Kier molecular flexibility index (Phi) is 4.93. The first-order chi connectivity index (χ1) is 13.6. The zero-order valence-corrected chi connectivity index (χ0v) is 16.0. The van der Waals surface area contributed by atoms with E-state index in [1.807, 2.05) is 55.5 Å². The van der Waals surface area contributed by atoms with Gasteiger partial charge in [-0.25, -0.2) is 4.98 Å². The number of carbonyl (C=O) groups excluding carboxylic acids is 1. The largest absolute Gasteiger partial charge is 0.497 e.